The molecule has 1 N–H and O–H groups in total. The van der Waals surface area contributed by atoms with Gasteiger partial charge in [0.1, 0.15) is 0 Å². The van der Waals surface area contributed by atoms with Crippen LogP contribution >= 0.6 is 12.2 Å². The Morgan fingerprint density at radius 2 is 2.38 bits per heavy atom. The van der Waals surface area contributed by atoms with Gasteiger partial charge in [0.05, 0.1) is 0 Å². The molecule has 0 aliphatic rings. The highest BCUT2D eigenvalue weighted by atomic mass is 32.1. The van der Waals surface area contributed by atoms with Crippen molar-refractivity contribution < 1.29 is 4.52 Å². The molecule has 2 aromatic rings. The molecule has 0 aliphatic heterocycles. The smallest absolute Gasteiger partial charge is 0.314 e. The highest BCUT2D eigenvalue weighted by molar-refractivity contribution is 7.71. The summed E-state index contributed by atoms with van der Waals surface area (Å²) in [5, 5.41) is 2.63. The Hall–Kier alpha value is -1.49. The summed E-state index contributed by atoms with van der Waals surface area (Å²) in [5.74, 6) is 0.621. The van der Waals surface area contributed by atoms with Gasteiger partial charge in [-0.05, 0) is 30.8 Å². The second-order valence-corrected chi connectivity index (χ2v) is 2.97. The molecule has 0 fully saturated rings. The minimum absolute atomic E-state index is 0.207. The van der Waals surface area contributed by atoms with E-state index in [1.807, 2.05) is 13.0 Å². The first-order valence-corrected chi connectivity index (χ1v) is 4.14. The lowest BCUT2D eigenvalue weighted by atomic mass is 10.1. The molecular weight excluding hydrogens is 186 g/mol. The zero-order valence-electron chi connectivity index (χ0n) is 6.94. The Morgan fingerprint density at radius 3 is 3.00 bits per heavy atom. The number of hydrogen-bond donors (Lipinski definition) is 1. The molecule has 0 aliphatic carbocycles. The molecule has 4 nitrogen and oxygen atoms in total. The largest absolute Gasteiger partial charge is 0.348 e. The van der Waals surface area contributed by atoms with Gasteiger partial charge in [-0.1, -0.05) is 0 Å². The zero-order valence-corrected chi connectivity index (χ0v) is 7.76. The molecule has 5 heteroatoms. The summed E-state index contributed by atoms with van der Waals surface area (Å²) in [7, 11) is 0. The number of aromatic nitrogens is 3. The van der Waals surface area contributed by atoms with E-state index in [0.717, 1.165) is 11.1 Å². The van der Waals surface area contributed by atoms with Gasteiger partial charge in [0.25, 0.3) is 0 Å². The molecule has 0 saturated carbocycles. The van der Waals surface area contributed by atoms with Crippen molar-refractivity contribution in [1.29, 1.82) is 0 Å². The molecule has 0 atom stereocenters. The van der Waals surface area contributed by atoms with Crippen molar-refractivity contribution in [1.82, 2.24) is 15.1 Å². The summed E-state index contributed by atoms with van der Waals surface area (Å²) < 4.78 is 4.82. The van der Waals surface area contributed by atoms with Crippen LogP contribution in [0.1, 0.15) is 5.56 Å². The highest BCUT2D eigenvalue weighted by Gasteiger charge is 2.04. The normalized spacial score (nSPS) is 10.2. The molecule has 0 aromatic carbocycles. The van der Waals surface area contributed by atoms with Gasteiger partial charge in [0.15, 0.2) is 5.82 Å². The molecule has 2 rings (SSSR count). The molecule has 2 aromatic heterocycles. The third-order valence-corrected chi connectivity index (χ3v) is 1.91. The first-order chi connectivity index (χ1) is 6.27. The molecule has 66 valence electrons. The van der Waals surface area contributed by atoms with Crippen LogP contribution in [0.25, 0.3) is 11.4 Å². The van der Waals surface area contributed by atoms with Crippen molar-refractivity contribution in [3.63, 3.8) is 0 Å². The summed E-state index contributed by atoms with van der Waals surface area (Å²) >= 11 is 4.75. The summed E-state index contributed by atoms with van der Waals surface area (Å²) in [5.41, 5.74) is 1.98. The SMILES string of the molecule is Cc1ccncc1-c1nc(=S)o[nH]1. The third kappa shape index (κ3) is 1.50. The first kappa shape index (κ1) is 8.12. The number of aromatic amines is 1. The van der Waals surface area contributed by atoms with Gasteiger partial charge in [-0.3, -0.25) is 4.98 Å². The third-order valence-electron chi connectivity index (χ3n) is 1.73. The number of nitrogens with zero attached hydrogens (tertiary/aromatic N) is 2. The maximum atomic E-state index is 4.82. The number of pyridine rings is 1. The van der Waals surface area contributed by atoms with Gasteiger partial charge < -0.3 is 4.52 Å². The van der Waals surface area contributed by atoms with Crippen LogP contribution in [0.4, 0.5) is 0 Å². The quantitative estimate of drug-likeness (QED) is 0.705. The Kier molecular flexibility index (Phi) is 1.94. The zero-order chi connectivity index (χ0) is 9.26. The number of nitrogens with one attached hydrogen (secondary N) is 1. The summed E-state index contributed by atoms with van der Waals surface area (Å²) in [4.78, 5) is 8.20. The molecule has 2 heterocycles. The van der Waals surface area contributed by atoms with Crippen LogP contribution in [0.5, 0.6) is 0 Å². The van der Waals surface area contributed by atoms with E-state index in [1.54, 1.807) is 12.4 Å². The highest BCUT2D eigenvalue weighted by Crippen LogP contribution is 2.17. The van der Waals surface area contributed by atoms with E-state index in [2.05, 4.69) is 15.1 Å². The van der Waals surface area contributed by atoms with E-state index in [4.69, 9.17) is 16.7 Å². The average molecular weight is 193 g/mol. The van der Waals surface area contributed by atoms with E-state index < -0.39 is 0 Å². The van der Waals surface area contributed by atoms with E-state index >= 15 is 0 Å². The summed E-state index contributed by atoms with van der Waals surface area (Å²) in [6, 6.07) is 1.90. The average Bonchev–Trinajstić information content (AvgIpc) is 2.53. The lowest BCUT2D eigenvalue weighted by molar-refractivity contribution is 0.406. The van der Waals surface area contributed by atoms with Gasteiger partial charge in [-0.15, -0.1) is 0 Å². The van der Waals surface area contributed by atoms with E-state index in [9.17, 15) is 0 Å². The van der Waals surface area contributed by atoms with Crippen LogP contribution < -0.4 is 0 Å². The van der Waals surface area contributed by atoms with Crippen LogP contribution in [0.2, 0.25) is 0 Å². The predicted octanol–water partition coefficient (Wildman–Crippen LogP) is 2.10. The van der Waals surface area contributed by atoms with Crippen LogP contribution in [0, 0.1) is 11.8 Å². The Labute approximate surface area is 79.6 Å². The number of rotatable bonds is 1. The van der Waals surface area contributed by atoms with Gasteiger partial charge in [-0.2, -0.15) is 4.98 Å². The van der Waals surface area contributed by atoms with Crippen molar-refractivity contribution >= 4 is 12.2 Å². The Morgan fingerprint density at radius 1 is 1.54 bits per heavy atom. The maximum Gasteiger partial charge on any atom is 0.314 e. The number of aryl methyl sites for hydroxylation is 1. The van der Waals surface area contributed by atoms with Gasteiger partial charge in [0, 0.05) is 18.0 Å². The van der Waals surface area contributed by atoms with Crippen LogP contribution in [-0.2, 0) is 0 Å². The number of H-pyrrole nitrogens is 1. The summed E-state index contributed by atoms with van der Waals surface area (Å²) in [6.07, 6.45) is 3.45. The summed E-state index contributed by atoms with van der Waals surface area (Å²) in [6.45, 7) is 1.97. The molecule has 0 spiro atoms. The topological polar surface area (TPSA) is 54.7 Å². The first-order valence-electron chi connectivity index (χ1n) is 3.74. The molecule has 0 radical (unpaired) electrons. The van der Waals surface area contributed by atoms with E-state index in [0.29, 0.717) is 5.82 Å². The fourth-order valence-electron chi connectivity index (χ4n) is 1.06. The van der Waals surface area contributed by atoms with Gasteiger partial charge >= 0.3 is 4.84 Å². The Bertz CT molecular complexity index is 474. The minimum Gasteiger partial charge on any atom is -0.348 e. The lowest BCUT2D eigenvalue weighted by Gasteiger charge is -1.97. The molecule has 0 unspecified atom stereocenters. The molecule has 0 amide bonds. The Balaban J connectivity index is 2.58. The van der Waals surface area contributed by atoms with Gasteiger partial charge in [0.2, 0.25) is 0 Å². The maximum absolute atomic E-state index is 4.82. The standard InChI is InChI=1S/C8H7N3OS/c1-5-2-3-9-4-6(5)7-10-8(13)12-11-7/h2-4H,1H3,(H,10,11,13). The molecule has 13 heavy (non-hydrogen) atoms. The van der Waals surface area contributed by atoms with Crippen molar-refractivity contribution in [3.8, 4) is 11.4 Å². The van der Waals surface area contributed by atoms with E-state index in [-0.39, 0.29) is 4.84 Å². The van der Waals surface area contributed by atoms with Crippen LogP contribution in [-0.4, -0.2) is 15.1 Å². The van der Waals surface area contributed by atoms with Gasteiger partial charge in [-0.25, -0.2) is 5.16 Å². The minimum atomic E-state index is 0.207. The molecule has 0 bridgehead atoms. The van der Waals surface area contributed by atoms with Crippen LogP contribution in [0.15, 0.2) is 23.0 Å². The van der Waals surface area contributed by atoms with E-state index in [1.165, 1.54) is 0 Å². The van der Waals surface area contributed by atoms with Crippen molar-refractivity contribution in [2.45, 2.75) is 6.92 Å². The van der Waals surface area contributed by atoms with Crippen LogP contribution in [0.3, 0.4) is 0 Å². The van der Waals surface area contributed by atoms with Crippen molar-refractivity contribution in [2.24, 2.45) is 0 Å². The second-order valence-electron chi connectivity index (χ2n) is 2.62. The van der Waals surface area contributed by atoms with Crippen molar-refractivity contribution in [3.05, 3.63) is 28.9 Å². The second kappa shape index (κ2) is 3.10. The lowest BCUT2D eigenvalue weighted by Crippen LogP contribution is -1.86. The molecular formula is C8H7N3OS. The number of hydrogen-bond acceptors (Lipinski definition) is 4. The molecule has 0 saturated heterocycles. The van der Waals surface area contributed by atoms with Crippen molar-refractivity contribution in [2.75, 3.05) is 0 Å². The fourth-order valence-corrected chi connectivity index (χ4v) is 1.19. The monoisotopic (exact) mass is 193 g/mol. The fraction of sp³-hybridized carbons (Fsp3) is 0.125. The predicted molar refractivity (Wildman–Crippen MR) is 49.7 cm³/mol.